The molecule has 0 saturated carbocycles. The third kappa shape index (κ3) is 5.06. The fraction of sp³-hybridized carbons (Fsp3) is 0.500. The largest absolute Gasteiger partial charge is 0.271 e. The van der Waals surface area contributed by atoms with Gasteiger partial charge in [0.15, 0.2) is 0 Å². The maximum absolute atomic E-state index is 13.3. The standard InChI is InChI=1S/C12H18ClFN2O2S/c1-2-19(17,18)7-3-4-12(16-15)9-5-6-10(13)11(14)8-9/h5-6,8,12,16H,2-4,7,15H2,1H3. The van der Waals surface area contributed by atoms with Crippen molar-refractivity contribution < 1.29 is 12.8 Å². The summed E-state index contributed by atoms with van der Waals surface area (Å²) < 4.78 is 36.1. The summed E-state index contributed by atoms with van der Waals surface area (Å²) in [4.78, 5) is 0. The molecule has 0 spiro atoms. The van der Waals surface area contributed by atoms with Crippen LogP contribution in [0.4, 0.5) is 4.39 Å². The quantitative estimate of drug-likeness (QED) is 0.598. The van der Waals surface area contributed by atoms with Crippen LogP contribution in [0, 0.1) is 5.82 Å². The molecule has 1 unspecified atom stereocenters. The highest BCUT2D eigenvalue weighted by atomic mass is 35.5. The summed E-state index contributed by atoms with van der Waals surface area (Å²) in [5.41, 5.74) is 3.22. The minimum absolute atomic E-state index is 0.0492. The summed E-state index contributed by atoms with van der Waals surface area (Å²) in [5, 5.41) is 0.0492. The Labute approximate surface area is 118 Å². The zero-order chi connectivity index (χ0) is 14.5. The molecular weight excluding hydrogens is 291 g/mol. The minimum Gasteiger partial charge on any atom is -0.271 e. The summed E-state index contributed by atoms with van der Waals surface area (Å²) in [6.45, 7) is 1.61. The van der Waals surface area contributed by atoms with Gasteiger partial charge in [-0.2, -0.15) is 0 Å². The number of hydrogen-bond donors (Lipinski definition) is 2. The van der Waals surface area contributed by atoms with Gasteiger partial charge in [-0.15, -0.1) is 0 Å². The molecule has 0 amide bonds. The van der Waals surface area contributed by atoms with Crippen molar-refractivity contribution in [2.45, 2.75) is 25.8 Å². The number of nitrogens with one attached hydrogen (secondary N) is 1. The highest BCUT2D eigenvalue weighted by Gasteiger charge is 2.14. The molecule has 4 nitrogen and oxygen atoms in total. The van der Waals surface area contributed by atoms with Crippen LogP contribution in [-0.4, -0.2) is 19.9 Å². The number of rotatable bonds is 7. The van der Waals surface area contributed by atoms with Crippen molar-refractivity contribution >= 4 is 21.4 Å². The SMILES string of the molecule is CCS(=O)(=O)CCCC(NN)c1ccc(Cl)c(F)c1. The van der Waals surface area contributed by atoms with E-state index in [1.165, 1.54) is 12.1 Å². The van der Waals surface area contributed by atoms with Crippen LogP contribution in [-0.2, 0) is 9.84 Å². The van der Waals surface area contributed by atoms with Gasteiger partial charge in [-0.25, -0.2) is 12.8 Å². The van der Waals surface area contributed by atoms with Crippen molar-refractivity contribution in [1.29, 1.82) is 0 Å². The van der Waals surface area contributed by atoms with Crippen LogP contribution in [0.3, 0.4) is 0 Å². The van der Waals surface area contributed by atoms with Crippen molar-refractivity contribution in [3.8, 4) is 0 Å². The topological polar surface area (TPSA) is 72.2 Å². The number of hydrogen-bond acceptors (Lipinski definition) is 4. The molecule has 1 aromatic carbocycles. The van der Waals surface area contributed by atoms with Crippen LogP contribution in [0.1, 0.15) is 31.4 Å². The summed E-state index contributed by atoms with van der Waals surface area (Å²) in [6.07, 6.45) is 0.978. The molecular formula is C12H18ClFN2O2S. The monoisotopic (exact) mass is 308 g/mol. The number of halogens is 2. The van der Waals surface area contributed by atoms with Crippen molar-refractivity contribution in [2.24, 2.45) is 5.84 Å². The van der Waals surface area contributed by atoms with Crippen LogP contribution in [0.15, 0.2) is 18.2 Å². The van der Waals surface area contributed by atoms with E-state index in [0.717, 1.165) is 0 Å². The molecule has 1 rings (SSSR count). The van der Waals surface area contributed by atoms with E-state index in [4.69, 9.17) is 17.4 Å². The van der Waals surface area contributed by atoms with Gasteiger partial charge in [0.05, 0.1) is 10.8 Å². The van der Waals surface area contributed by atoms with E-state index in [1.54, 1.807) is 13.0 Å². The van der Waals surface area contributed by atoms with Gasteiger partial charge in [0.2, 0.25) is 0 Å². The predicted molar refractivity (Wildman–Crippen MR) is 75.0 cm³/mol. The molecule has 0 saturated heterocycles. The van der Waals surface area contributed by atoms with Crippen LogP contribution in [0.2, 0.25) is 5.02 Å². The Bertz CT molecular complexity index is 522. The van der Waals surface area contributed by atoms with Gasteiger partial charge < -0.3 is 0 Å². The average Bonchev–Trinajstić information content (AvgIpc) is 2.38. The molecule has 0 aliphatic heterocycles. The molecule has 0 heterocycles. The molecule has 7 heteroatoms. The molecule has 0 fully saturated rings. The van der Waals surface area contributed by atoms with Gasteiger partial charge in [-0.1, -0.05) is 24.6 Å². The van der Waals surface area contributed by atoms with Crippen molar-refractivity contribution in [1.82, 2.24) is 5.43 Å². The first-order chi connectivity index (χ1) is 8.89. The lowest BCUT2D eigenvalue weighted by molar-refractivity contribution is 0.503. The first-order valence-corrected chi connectivity index (χ1v) is 8.21. The van der Waals surface area contributed by atoms with Crippen molar-refractivity contribution in [3.63, 3.8) is 0 Å². The van der Waals surface area contributed by atoms with Gasteiger partial charge in [0.25, 0.3) is 0 Å². The number of sulfone groups is 1. The fourth-order valence-electron chi connectivity index (χ4n) is 1.73. The highest BCUT2D eigenvalue weighted by Crippen LogP contribution is 2.23. The predicted octanol–water partition coefficient (Wildman–Crippen LogP) is 2.20. The molecule has 0 bridgehead atoms. The van der Waals surface area contributed by atoms with Gasteiger partial charge in [-0.05, 0) is 30.5 Å². The van der Waals surface area contributed by atoms with E-state index >= 15 is 0 Å². The highest BCUT2D eigenvalue weighted by molar-refractivity contribution is 7.91. The lowest BCUT2D eigenvalue weighted by Gasteiger charge is -2.16. The van der Waals surface area contributed by atoms with Gasteiger partial charge in [0.1, 0.15) is 15.7 Å². The summed E-state index contributed by atoms with van der Waals surface area (Å²) >= 11 is 5.61. The Balaban J connectivity index is 2.66. The van der Waals surface area contributed by atoms with E-state index in [-0.39, 0.29) is 22.6 Å². The van der Waals surface area contributed by atoms with Gasteiger partial charge in [0, 0.05) is 11.8 Å². The molecule has 1 atom stereocenters. The Morgan fingerprint density at radius 2 is 2.16 bits per heavy atom. The van der Waals surface area contributed by atoms with Gasteiger partial charge in [-0.3, -0.25) is 11.3 Å². The Morgan fingerprint density at radius 3 is 2.68 bits per heavy atom. The second kappa shape index (κ2) is 7.19. The van der Waals surface area contributed by atoms with E-state index in [9.17, 15) is 12.8 Å². The Hall–Kier alpha value is -0.690. The third-order valence-electron chi connectivity index (χ3n) is 2.94. The number of benzene rings is 1. The summed E-state index contributed by atoms with van der Waals surface area (Å²) in [6, 6.07) is 4.14. The average molecular weight is 309 g/mol. The van der Waals surface area contributed by atoms with Crippen LogP contribution >= 0.6 is 11.6 Å². The second-order valence-electron chi connectivity index (χ2n) is 4.27. The van der Waals surface area contributed by atoms with Crippen molar-refractivity contribution in [2.75, 3.05) is 11.5 Å². The molecule has 1 aromatic rings. The van der Waals surface area contributed by atoms with Crippen LogP contribution in [0.5, 0.6) is 0 Å². The van der Waals surface area contributed by atoms with E-state index in [1.807, 2.05) is 0 Å². The Kier molecular flexibility index (Phi) is 6.19. The summed E-state index contributed by atoms with van der Waals surface area (Å²) in [7, 11) is -2.98. The molecule has 108 valence electrons. The van der Waals surface area contributed by atoms with Crippen LogP contribution < -0.4 is 11.3 Å². The maximum Gasteiger partial charge on any atom is 0.150 e. The maximum atomic E-state index is 13.3. The fourth-order valence-corrected chi connectivity index (χ4v) is 2.74. The van der Waals surface area contributed by atoms with E-state index < -0.39 is 15.7 Å². The lowest BCUT2D eigenvalue weighted by atomic mass is 10.0. The molecule has 0 aromatic heterocycles. The third-order valence-corrected chi connectivity index (χ3v) is 5.03. The number of hydrazine groups is 1. The first-order valence-electron chi connectivity index (χ1n) is 6.01. The van der Waals surface area contributed by atoms with Gasteiger partial charge >= 0.3 is 0 Å². The molecule has 19 heavy (non-hydrogen) atoms. The zero-order valence-electron chi connectivity index (χ0n) is 10.7. The smallest absolute Gasteiger partial charge is 0.150 e. The second-order valence-corrected chi connectivity index (χ2v) is 7.15. The normalized spacial score (nSPS) is 13.5. The van der Waals surface area contributed by atoms with Crippen molar-refractivity contribution in [3.05, 3.63) is 34.6 Å². The zero-order valence-corrected chi connectivity index (χ0v) is 12.3. The minimum atomic E-state index is -2.98. The van der Waals surface area contributed by atoms with E-state index in [2.05, 4.69) is 5.43 Å². The Morgan fingerprint density at radius 1 is 1.47 bits per heavy atom. The number of nitrogens with two attached hydrogens (primary N) is 1. The molecule has 0 aliphatic carbocycles. The first kappa shape index (κ1) is 16.4. The van der Waals surface area contributed by atoms with E-state index in [0.29, 0.717) is 18.4 Å². The molecule has 3 N–H and O–H groups in total. The van der Waals surface area contributed by atoms with Crippen LogP contribution in [0.25, 0.3) is 0 Å². The molecule has 0 aliphatic rings. The molecule has 0 radical (unpaired) electrons. The summed E-state index contributed by atoms with van der Waals surface area (Å²) in [5.74, 6) is 5.14. The lowest BCUT2D eigenvalue weighted by Crippen LogP contribution is -2.28.